The Labute approximate surface area is 153 Å². The number of rotatable bonds is 4. The molecule has 2 N–H and O–H groups in total. The number of furan rings is 1. The maximum atomic E-state index is 12.1. The van der Waals surface area contributed by atoms with E-state index in [-0.39, 0.29) is 0 Å². The minimum atomic E-state index is -0.944. The van der Waals surface area contributed by atoms with Gasteiger partial charge in [-0.2, -0.15) is 5.10 Å². The fourth-order valence-corrected chi connectivity index (χ4v) is 3.97. The summed E-state index contributed by atoms with van der Waals surface area (Å²) in [7, 11) is 1.28. The highest BCUT2D eigenvalue weighted by molar-refractivity contribution is 7.17. The molecule has 0 saturated carbocycles. The van der Waals surface area contributed by atoms with Crippen molar-refractivity contribution in [3.8, 4) is 0 Å². The van der Waals surface area contributed by atoms with Crippen molar-refractivity contribution >= 4 is 39.8 Å². The van der Waals surface area contributed by atoms with Crippen LogP contribution < -0.4 is 10.7 Å². The van der Waals surface area contributed by atoms with E-state index in [2.05, 4.69) is 15.8 Å². The van der Waals surface area contributed by atoms with Gasteiger partial charge >= 0.3 is 17.8 Å². The molecule has 9 heteroatoms. The number of thiophene rings is 1. The van der Waals surface area contributed by atoms with E-state index >= 15 is 0 Å². The van der Waals surface area contributed by atoms with Crippen molar-refractivity contribution in [1.29, 1.82) is 0 Å². The quantitative estimate of drug-likeness (QED) is 0.368. The molecule has 26 heavy (non-hydrogen) atoms. The van der Waals surface area contributed by atoms with Gasteiger partial charge in [0.15, 0.2) is 0 Å². The monoisotopic (exact) mass is 375 g/mol. The van der Waals surface area contributed by atoms with E-state index < -0.39 is 17.8 Å². The van der Waals surface area contributed by atoms with Crippen molar-refractivity contribution in [2.45, 2.75) is 26.2 Å². The molecular formula is C17H17N3O5S. The van der Waals surface area contributed by atoms with Gasteiger partial charge in [0.2, 0.25) is 0 Å². The highest BCUT2D eigenvalue weighted by Crippen LogP contribution is 2.39. The lowest BCUT2D eigenvalue weighted by Gasteiger charge is -2.06. The van der Waals surface area contributed by atoms with Crippen LogP contribution in [-0.2, 0) is 27.2 Å². The number of hydrogen-bond acceptors (Lipinski definition) is 7. The average molecular weight is 375 g/mol. The zero-order valence-corrected chi connectivity index (χ0v) is 15.1. The number of carbonyl (C=O) groups is 3. The second kappa shape index (κ2) is 7.52. The van der Waals surface area contributed by atoms with Crippen LogP contribution in [0.25, 0.3) is 0 Å². The number of nitrogens with one attached hydrogen (secondary N) is 2. The molecule has 3 rings (SSSR count). The van der Waals surface area contributed by atoms with E-state index in [4.69, 9.17) is 9.15 Å². The Hall–Kier alpha value is -2.94. The molecular weight excluding hydrogens is 358 g/mol. The molecule has 8 nitrogen and oxygen atoms in total. The number of anilines is 1. The van der Waals surface area contributed by atoms with Crippen LogP contribution in [0, 0.1) is 0 Å². The van der Waals surface area contributed by atoms with Gasteiger partial charge in [-0.15, -0.1) is 11.3 Å². The molecule has 2 amide bonds. The van der Waals surface area contributed by atoms with Gasteiger partial charge in [-0.05, 0) is 43.9 Å². The molecule has 136 valence electrons. The van der Waals surface area contributed by atoms with Crippen molar-refractivity contribution in [2.24, 2.45) is 5.10 Å². The molecule has 0 atom stereocenters. The molecule has 0 fully saturated rings. The SMILES string of the molecule is COC(=O)c1c(NC(=O)C(=O)NN=C(C)c2ccco2)sc2c1CCC2. The first-order valence-electron chi connectivity index (χ1n) is 7.93. The smallest absolute Gasteiger partial charge is 0.341 e. The van der Waals surface area contributed by atoms with E-state index in [1.165, 1.54) is 24.7 Å². The number of hydrogen-bond donors (Lipinski definition) is 2. The van der Waals surface area contributed by atoms with Gasteiger partial charge in [-0.1, -0.05) is 0 Å². The van der Waals surface area contributed by atoms with Gasteiger partial charge in [0.05, 0.1) is 18.9 Å². The second-order valence-electron chi connectivity index (χ2n) is 5.62. The van der Waals surface area contributed by atoms with E-state index in [0.717, 1.165) is 29.7 Å². The molecule has 2 heterocycles. The Bertz CT molecular complexity index is 883. The number of esters is 1. The van der Waals surface area contributed by atoms with Gasteiger partial charge in [-0.3, -0.25) is 9.59 Å². The summed E-state index contributed by atoms with van der Waals surface area (Å²) in [5.74, 6) is -1.90. The Morgan fingerprint density at radius 2 is 2.08 bits per heavy atom. The number of aryl methyl sites for hydroxylation is 1. The molecule has 1 aliphatic rings. The Morgan fingerprint density at radius 3 is 2.77 bits per heavy atom. The number of methoxy groups -OCH3 is 1. The zero-order valence-electron chi connectivity index (χ0n) is 14.3. The van der Waals surface area contributed by atoms with Crippen LogP contribution in [0.15, 0.2) is 27.9 Å². The summed E-state index contributed by atoms with van der Waals surface area (Å²) in [4.78, 5) is 37.2. The lowest BCUT2D eigenvalue weighted by Crippen LogP contribution is -2.33. The topological polar surface area (TPSA) is 110 Å². The zero-order chi connectivity index (χ0) is 18.7. The van der Waals surface area contributed by atoms with Crippen molar-refractivity contribution in [3.63, 3.8) is 0 Å². The first-order chi connectivity index (χ1) is 12.5. The van der Waals surface area contributed by atoms with Crippen LogP contribution in [0.4, 0.5) is 5.00 Å². The number of nitrogens with zero attached hydrogens (tertiary/aromatic N) is 1. The maximum absolute atomic E-state index is 12.1. The van der Waals surface area contributed by atoms with E-state index in [0.29, 0.717) is 22.0 Å². The number of ether oxygens (including phenoxy) is 1. The summed E-state index contributed by atoms with van der Waals surface area (Å²) in [5.41, 5.74) is 3.81. The fourth-order valence-electron chi connectivity index (χ4n) is 2.70. The number of carbonyl (C=O) groups excluding carboxylic acids is 3. The fraction of sp³-hybridized carbons (Fsp3) is 0.294. The first kappa shape index (κ1) is 17.9. The van der Waals surface area contributed by atoms with Gasteiger partial charge in [0.25, 0.3) is 0 Å². The third kappa shape index (κ3) is 3.52. The largest absolute Gasteiger partial charge is 0.465 e. The van der Waals surface area contributed by atoms with E-state index in [1.54, 1.807) is 19.1 Å². The number of hydrazone groups is 1. The normalized spacial score (nSPS) is 13.2. The molecule has 0 aromatic carbocycles. The van der Waals surface area contributed by atoms with Gasteiger partial charge in [0, 0.05) is 4.88 Å². The summed E-state index contributed by atoms with van der Waals surface area (Å²) in [5, 5.41) is 6.64. The maximum Gasteiger partial charge on any atom is 0.341 e. The van der Waals surface area contributed by atoms with Gasteiger partial charge in [0.1, 0.15) is 16.5 Å². The third-order valence-electron chi connectivity index (χ3n) is 3.95. The van der Waals surface area contributed by atoms with Crippen LogP contribution in [0.3, 0.4) is 0 Å². The third-order valence-corrected chi connectivity index (χ3v) is 5.15. The molecule has 0 spiro atoms. The molecule has 0 radical (unpaired) electrons. The molecule has 2 aromatic heterocycles. The van der Waals surface area contributed by atoms with Crippen LogP contribution >= 0.6 is 11.3 Å². The molecule has 0 bridgehead atoms. The minimum absolute atomic E-state index is 0.327. The predicted molar refractivity (Wildman–Crippen MR) is 95.4 cm³/mol. The Balaban J connectivity index is 1.71. The minimum Gasteiger partial charge on any atom is -0.465 e. The van der Waals surface area contributed by atoms with Gasteiger partial charge < -0.3 is 14.5 Å². The molecule has 1 aliphatic carbocycles. The van der Waals surface area contributed by atoms with Crippen molar-refractivity contribution in [2.75, 3.05) is 12.4 Å². The van der Waals surface area contributed by atoms with Crippen molar-refractivity contribution in [3.05, 3.63) is 40.2 Å². The van der Waals surface area contributed by atoms with Crippen LogP contribution in [0.2, 0.25) is 0 Å². The van der Waals surface area contributed by atoms with Gasteiger partial charge in [-0.25, -0.2) is 10.2 Å². The number of amides is 2. The first-order valence-corrected chi connectivity index (χ1v) is 8.75. The summed E-state index contributed by atoms with van der Waals surface area (Å²) >= 11 is 1.30. The van der Waals surface area contributed by atoms with E-state index in [9.17, 15) is 14.4 Å². The standard InChI is InChI=1S/C17H17N3O5S/c1-9(11-6-4-8-25-11)19-20-15(22)14(21)18-16-13(17(23)24-2)10-5-3-7-12(10)26-16/h4,6,8H,3,5,7H2,1-2H3,(H,18,21)(H,20,22). The Morgan fingerprint density at radius 1 is 1.27 bits per heavy atom. The molecule has 0 unspecified atom stereocenters. The summed E-state index contributed by atoms with van der Waals surface area (Å²) in [6.07, 6.45) is 4.04. The lowest BCUT2D eigenvalue weighted by atomic mass is 10.1. The van der Waals surface area contributed by atoms with Crippen LogP contribution in [0.1, 0.15) is 39.9 Å². The predicted octanol–water partition coefficient (Wildman–Crippen LogP) is 2.10. The van der Waals surface area contributed by atoms with Crippen LogP contribution in [-0.4, -0.2) is 30.6 Å². The molecule has 0 saturated heterocycles. The average Bonchev–Trinajstić information content (AvgIpc) is 3.35. The summed E-state index contributed by atoms with van der Waals surface area (Å²) in [6.45, 7) is 1.64. The lowest BCUT2D eigenvalue weighted by molar-refractivity contribution is -0.136. The molecule has 0 aliphatic heterocycles. The summed E-state index contributed by atoms with van der Waals surface area (Å²) < 4.78 is 9.95. The highest BCUT2D eigenvalue weighted by Gasteiger charge is 2.29. The van der Waals surface area contributed by atoms with E-state index in [1.807, 2.05) is 0 Å². The molecule has 2 aromatic rings. The Kier molecular flexibility index (Phi) is 5.17. The van der Waals surface area contributed by atoms with Crippen molar-refractivity contribution in [1.82, 2.24) is 5.43 Å². The highest BCUT2D eigenvalue weighted by atomic mass is 32.1. The van der Waals surface area contributed by atoms with Crippen LogP contribution in [0.5, 0.6) is 0 Å². The van der Waals surface area contributed by atoms with Crippen molar-refractivity contribution < 1.29 is 23.5 Å². The second-order valence-corrected chi connectivity index (χ2v) is 6.73. The number of fused-ring (bicyclic) bond motifs is 1. The summed E-state index contributed by atoms with van der Waals surface area (Å²) in [6, 6.07) is 3.37.